The third-order valence-corrected chi connectivity index (χ3v) is 9.21. The van der Waals surface area contributed by atoms with Crippen LogP contribution in [0, 0.1) is 11.8 Å². The lowest BCUT2D eigenvalue weighted by molar-refractivity contribution is -0.127. The summed E-state index contributed by atoms with van der Waals surface area (Å²) in [5.41, 5.74) is 5.91. The van der Waals surface area contributed by atoms with Crippen LogP contribution in [0.1, 0.15) is 46.9 Å². The summed E-state index contributed by atoms with van der Waals surface area (Å²) in [5.74, 6) is -2.65. The highest BCUT2D eigenvalue weighted by Gasteiger charge is 2.43. The number of aromatic carboxylic acids is 1. The van der Waals surface area contributed by atoms with Crippen LogP contribution in [0.25, 0.3) is 10.6 Å². The second-order valence-electron chi connectivity index (χ2n) is 10.9. The molecule has 2 aliphatic heterocycles. The highest BCUT2D eigenvalue weighted by Crippen LogP contribution is 2.32. The van der Waals surface area contributed by atoms with Gasteiger partial charge in [-0.25, -0.2) is 9.59 Å². The van der Waals surface area contributed by atoms with E-state index in [0.29, 0.717) is 41.8 Å². The SMILES string of the molecule is CC(C)N1CCC(C(CNC(=O)c2cc(C(=O)O)n(Cc3cc(-c4ccc(Cl)s4)on3)n2)N2CCNC2=O)C(C(N)=O)C1. The Balaban J connectivity index is 1.33. The molecule has 0 saturated carbocycles. The highest BCUT2D eigenvalue weighted by atomic mass is 35.5. The van der Waals surface area contributed by atoms with Gasteiger partial charge in [-0.05, 0) is 44.9 Å². The predicted octanol–water partition coefficient (Wildman–Crippen LogP) is 1.95. The molecule has 0 bridgehead atoms. The summed E-state index contributed by atoms with van der Waals surface area (Å²) >= 11 is 7.31. The second kappa shape index (κ2) is 12.7. The Kier molecular flexibility index (Phi) is 9.03. The van der Waals surface area contributed by atoms with Crippen molar-refractivity contribution in [3.05, 3.63) is 45.7 Å². The Morgan fingerprint density at radius 1 is 1.28 bits per heavy atom. The van der Waals surface area contributed by atoms with Gasteiger partial charge in [0, 0.05) is 44.4 Å². The van der Waals surface area contributed by atoms with Crippen molar-refractivity contribution in [3.8, 4) is 10.6 Å². The topological polar surface area (TPSA) is 189 Å². The predicted molar refractivity (Wildman–Crippen MR) is 157 cm³/mol. The minimum Gasteiger partial charge on any atom is -0.477 e. The van der Waals surface area contributed by atoms with Gasteiger partial charge in [-0.2, -0.15) is 5.10 Å². The standard InChI is InChI=1S/C27H33ClN8O6S/c1-14(2)34-7-5-16(17(13-34)24(29)37)20(35-8-6-30-27(35)41)11-31-25(38)18-10-19(26(39)40)36(32-18)12-15-9-21(42-33-15)22-3-4-23(28)43-22/h3-4,9-10,14,16-17,20H,5-8,11-13H2,1-2H3,(H2,29,37)(H,30,41)(H,31,38)(H,39,40). The van der Waals surface area contributed by atoms with Gasteiger partial charge in [0.1, 0.15) is 11.4 Å². The van der Waals surface area contributed by atoms with E-state index >= 15 is 0 Å². The number of carbonyl (C=O) groups is 4. The number of carbonyl (C=O) groups excluding carboxylic acids is 3. The number of carboxylic acids is 1. The number of carboxylic acid groups (broad SMARTS) is 1. The monoisotopic (exact) mass is 632 g/mol. The molecule has 2 fully saturated rings. The van der Waals surface area contributed by atoms with Gasteiger partial charge in [0.2, 0.25) is 5.91 Å². The van der Waals surface area contributed by atoms with Crippen molar-refractivity contribution in [2.24, 2.45) is 17.6 Å². The molecule has 0 radical (unpaired) electrons. The van der Waals surface area contributed by atoms with Crippen LogP contribution in [0.15, 0.2) is 28.8 Å². The first-order valence-electron chi connectivity index (χ1n) is 13.9. The lowest BCUT2D eigenvalue weighted by Gasteiger charge is -2.44. The van der Waals surface area contributed by atoms with Crippen molar-refractivity contribution < 1.29 is 28.8 Å². The zero-order chi connectivity index (χ0) is 30.8. The third kappa shape index (κ3) is 6.68. The summed E-state index contributed by atoms with van der Waals surface area (Å²) in [6.07, 6.45) is 0.616. The Morgan fingerprint density at radius 2 is 2.07 bits per heavy atom. The largest absolute Gasteiger partial charge is 0.477 e. The van der Waals surface area contributed by atoms with E-state index in [1.54, 1.807) is 23.1 Å². The average Bonchev–Trinajstić information content (AvgIpc) is 3.77. The number of nitrogens with two attached hydrogens (primary N) is 1. The third-order valence-electron chi connectivity index (χ3n) is 7.97. The van der Waals surface area contributed by atoms with E-state index in [9.17, 15) is 24.3 Å². The molecule has 0 aromatic carbocycles. The van der Waals surface area contributed by atoms with Gasteiger partial charge < -0.3 is 35.8 Å². The van der Waals surface area contributed by atoms with Crippen LogP contribution in [-0.4, -0.2) is 98.5 Å². The molecule has 0 aliphatic carbocycles. The van der Waals surface area contributed by atoms with Crippen LogP contribution in [0.5, 0.6) is 0 Å². The van der Waals surface area contributed by atoms with E-state index in [1.807, 2.05) is 0 Å². The normalized spacial score (nSPS) is 19.9. The van der Waals surface area contributed by atoms with Crippen LogP contribution >= 0.6 is 22.9 Å². The molecule has 4 amide bonds. The Morgan fingerprint density at radius 3 is 2.70 bits per heavy atom. The van der Waals surface area contributed by atoms with Crippen molar-refractivity contribution in [1.29, 1.82) is 0 Å². The summed E-state index contributed by atoms with van der Waals surface area (Å²) in [7, 11) is 0. The summed E-state index contributed by atoms with van der Waals surface area (Å²) in [4.78, 5) is 55.1. The van der Waals surface area contributed by atoms with Crippen molar-refractivity contribution in [2.75, 3.05) is 32.7 Å². The molecule has 2 saturated heterocycles. The lowest BCUT2D eigenvalue weighted by atomic mass is 9.78. The molecule has 3 aromatic heterocycles. The quantitative estimate of drug-likeness (QED) is 0.245. The van der Waals surface area contributed by atoms with Gasteiger partial charge in [-0.3, -0.25) is 14.3 Å². The molecule has 2 aliphatic rings. The number of nitrogens with one attached hydrogen (secondary N) is 2. The number of primary amides is 1. The number of thiophene rings is 1. The van der Waals surface area contributed by atoms with E-state index in [1.165, 1.54) is 17.4 Å². The van der Waals surface area contributed by atoms with Crippen LogP contribution in [0.4, 0.5) is 4.79 Å². The van der Waals surface area contributed by atoms with Gasteiger partial charge in [0.05, 0.1) is 27.7 Å². The number of urea groups is 1. The van der Waals surface area contributed by atoms with Gasteiger partial charge in [0.15, 0.2) is 11.5 Å². The van der Waals surface area contributed by atoms with E-state index in [2.05, 4.69) is 39.6 Å². The maximum Gasteiger partial charge on any atom is 0.354 e. The molecular weight excluding hydrogens is 600 g/mol. The van der Waals surface area contributed by atoms with Crippen molar-refractivity contribution in [2.45, 2.75) is 38.9 Å². The van der Waals surface area contributed by atoms with E-state index in [0.717, 1.165) is 16.1 Å². The maximum atomic E-state index is 13.3. The number of piperidine rings is 1. The lowest BCUT2D eigenvalue weighted by Crippen LogP contribution is -2.58. The van der Waals surface area contributed by atoms with Crippen LogP contribution in [0.3, 0.4) is 0 Å². The van der Waals surface area contributed by atoms with E-state index in [-0.39, 0.29) is 42.5 Å². The molecule has 0 spiro atoms. The molecule has 5 heterocycles. The first-order valence-corrected chi connectivity index (χ1v) is 15.1. The van der Waals surface area contributed by atoms with Crippen LogP contribution < -0.4 is 16.4 Å². The number of hydrogen-bond acceptors (Lipinski definition) is 9. The summed E-state index contributed by atoms with van der Waals surface area (Å²) in [6.45, 7) is 6.15. The van der Waals surface area contributed by atoms with Crippen LogP contribution in [-0.2, 0) is 11.3 Å². The molecule has 5 N–H and O–H groups in total. The molecule has 3 unspecified atom stereocenters. The first kappa shape index (κ1) is 30.5. The van der Waals surface area contributed by atoms with Crippen molar-refractivity contribution in [3.63, 3.8) is 0 Å². The molecule has 16 heteroatoms. The highest BCUT2D eigenvalue weighted by molar-refractivity contribution is 7.19. The fourth-order valence-corrected chi connectivity index (χ4v) is 6.72. The first-order chi connectivity index (χ1) is 20.5. The van der Waals surface area contributed by atoms with Gasteiger partial charge in [-0.1, -0.05) is 16.8 Å². The Labute approximate surface area is 256 Å². The second-order valence-corrected chi connectivity index (χ2v) is 12.6. The Bertz CT molecular complexity index is 1520. The van der Waals surface area contributed by atoms with Crippen molar-refractivity contribution >= 4 is 46.8 Å². The molecule has 5 rings (SSSR count). The number of nitrogens with zero attached hydrogens (tertiary/aromatic N) is 5. The molecule has 230 valence electrons. The molecular formula is C27H33ClN8O6S. The van der Waals surface area contributed by atoms with Gasteiger partial charge in [-0.15, -0.1) is 11.3 Å². The van der Waals surface area contributed by atoms with Gasteiger partial charge in [0.25, 0.3) is 5.91 Å². The zero-order valence-corrected chi connectivity index (χ0v) is 25.2. The number of halogens is 1. The van der Waals surface area contributed by atoms with Gasteiger partial charge >= 0.3 is 12.0 Å². The summed E-state index contributed by atoms with van der Waals surface area (Å²) < 4.78 is 7.13. The number of aromatic nitrogens is 3. The minimum absolute atomic E-state index is 0.0354. The molecule has 3 aromatic rings. The Hall–Kier alpha value is -3.95. The van der Waals surface area contributed by atoms with Crippen LogP contribution in [0.2, 0.25) is 4.34 Å². The summed E-state index contributed by atoms with van der Waals surface area (Å²) in [6, 6.07) is 5.81. The minimum atomic E-state index is -1.27. The smallest absolute Gasteiger partial charge is 0.354 e. The summed E-state index contributed by atoms with van der Waals surface area (Å²) in [5, 5.41) is 23.6. The average molecular weight is 633 g/mol. The van der Waals surface area contributed by atoms with E-state index in [4.69, 9.17) is 21.9 Å². The fourth-order valence-electron chi connectivity index (χ4n) is 5.73. The zero-order valence-electron chi connectivity index (χ0n) is 23.7. The maximum absolute atomic E-state index is 13.3. The number of hydrogen-bond donors (Lipinski definition) is 4. The number of rotatable bonds is 11. The van der Waals surface area contributed by atoms with Crippen molar-refractivity contribution in [1.82, 2.24) is 35.4 Å². The molecule has 14 nitrogen and oxygen atoms in total. The molecule has 3 atom stereocenters. The number of likely N-dealkylation sites (tertiary alicyclic amines) is 1. The van der Waals surface area contributed by atoms with E-state index < -0.39 is 29.7 Å². The molecule has 43 heavy (non-hydrogen) atoms. The number of amides is 4. The fraction of sp³-hybridized carbons (Fsp3) is 0.481.